The minimum absolute atomic E-state index is 0.159. The zero-order valence-electron chi connectivity index (χ0n) is 24.4. The summed E-state index contributed by atoms with van der Waals surface area (Å²) in [6, 6.07) is 2.78. The summed E-state index contributed by atoms with van der Waals surface area (Å²) in [5, 5.41) is 9.74. The molecular formula is C28H43NO10. The molecule has 220 valence electrons. The molecule has 11 heteroatoms. The first-order chi connectivity index (χ1) is 17.8. The highest BCUT2D eigenvalue weighted by molar-refractivity contribution is 5.75. The van der Waals surface area contributed by atoms with E-state index in [2.05, 4.69) is 0 Å². The average molecular weight is 554 g/mol. The number of ether oxygens (including phenoxy) is 5. The van der Waals surface area contributed by atoms with Gasteiger partial charge in [0.2, 0.25) is 0 Å². The number of unbranched alkanes of at least 4 members (excludes halogenated alkanes) is 1. The summed E-state index contributed by atoms with van der Waals surface area (Å²) in [4.78, 5) is 49.0. The zero-order chi connectivity index (χ0) is 30.1. The van der Waals surface area contributed by atoms with E-state index in [1.807, 2.05) is 6.92 Å². The van der Waals surface area contributed by atoms with Gasteiger partial charge in [-0.1, -0.05) is 26.3 Å². The molecule has 0 amide bonds. The fourth-order valence-corrected chi connectivity index (χ4v) is 3.60. The number of aliphatic carboxylic acids is 1. The van der Waals surface area contributed by atoms with E-state index in [0.717, 1.165) is 6.42 Å². The molecule has 0 saturated carbocycles. The molecule has 0 radical (unpaired) electrons. The topological polar surface area (TPSA) is 161 Å². The first-order valence-corrected chi connectivity index (χ1v) is 13.0. The Hall–Kier alpha value is -3.34. The lowest BCUT2D eigenvalue weighted by atomic mass is 9.79. The highest BCUT2D eigenvalue weighted by Gasteiger charge is 2.36. The largest absolute Gasteiger partial charge is 0.514 e. The average Bonchev–Trinajstić information content (AvgIpc) is 2.76. The molecule has 1 rings (SSSR count). The fraction of sp³-hybridized carbons (Fsp3) is 0.643. The molecule has 0 aliphatic rings. The van der Waals surface area contributed by atoms with E-state index in [1.165, 1.54) is 18.2 Å². The molecule has 0 fully saturated rings. The van der Waals surface area contributed by atoms with E-state index < -0.39 is 59.4 Å². The predicted octanol–water partition coefficient (Wildman–Crippen LogP) is 5.57. The van der Waals surface area contributed by atoms with Crippen molar-refractivity contribution >= 4 is 24.2 Å². The van der Waals surface area contributed by atoms with Gasteiger partial charge in [0.05, 0.1) is 0 Å². The first kappa shape index (κ1) is 33.7. The lowest BCUT2D eigenvalue weighted by molar-refractivity contribution is -0.151. The van der Waals surface area contributed by atoms with Crippen LogP contribution < -0.4 is 15.2 Å². The molecule has 39 heavy (non-hydrogen) atoms. The van der Waals surface area contributed by atoms with Crippen LogP contribution in [0.15, 0.2) is 18.2 Å². The van der Waals surface area contributed by atoms with Crippen LogP contribution in [0, 0.1) is 5.92 Å². The second kappa shape index (κ2) is 14.2. The van der Waals surface area contributed by atoms with Crippen LogP contribution in [0.5, 0.6) is 11.5 Å². The standard InChI is InChI=1S/C28H43NO10/c1-10-11-12-21(30)35-17(3)16(2)22(23(29)24(31)32)18-13-14-19(36-25(33)38-27(4,5)6)20(15-18)37-26(34)39-28(7,8)9/h13-17,22-23H,10-12,29H2,1-9H3,(H,31,32)/t16?,17?,22?,23-/m0/s1. The minimum atomic E-state index is -1.40. The summed E-state index contributed by atoms with van der Waals surface area (Å²) in [6.07, 6.45) is -1.05. The number of benzene rings is 1. The van der Waals surface area contributed by atoms with Crippen LogP contribution in [0.1, 0.15) is 93.1 Å². The number of esters is 1. The van der Waals surface area contributed by atoms with Gasteiger partial charge in [-0.3, -0.25) is 9.59 Å². The van der Waals surface area contributed by atoms with Gasteiger partial charge < -0.3 is 34.5 Å². The van der Waals surface area contributed by atoms with E-state index in [4.69, 9.17) is 29.4 Å². The maximum absolute atomic E-state index is 12.5. The van der Waals surface area contributed by atoms with Gasteiger partial charge in [0.15, 0.2) is 11.5 Å². The molecule has 0 heterocycles. The fourth-order valence-electron chi connectivity index (χ4n) is 3.60. The Bertz CT molecular complexity index is 1010. The number of carbonyl (C=O) groups excluding carboxylic acids is 3. The molecule has 0 bridgehead atoms. The summed E-state index contributed by atoms with van der Waals surface area (Å²) in [5.74, 6) is -3.49. The summed E-state index contributed by atoms with van der Waals surface area (Å²) in [7, 11) is 0. The van der Waals surface area contributed by atoms with Crippen molar-refractivity contribution < 1.29 is 48.0 Å². The first-order valence-electron chi connectivity index (χ1n) is 13.0. The summed E-state index contributed by atoms with van der Waals surface area (Å²) >= 11 is 0. The Labute approximate surface area is 230 Å². The van der Waals surface area contributed by atoms with Crippen molar-refractivity contribution in [1.29, 1.82) is 0 Å². The maximum Gasteiger partial charge on any atom is 0.514 e. The van der Waals surface area contributed by atoms with E-state index >= 15 is 0 Å². The molecule has 11 nitrogen and oxygen atoms in total. The lowest BCUT2D eigenvalue weighted by Gasteiger charge is -2.32. The van der Waals surface area contributed by atoms with Crippen LogP contribution in [0.4, 0.5) is 9.59 Å². The predicted molar refractivity (Wildman–Crippen MR) is 143 cm³/mol. The summed E-state index contributed by atoms with van der Waals surface area (Å²) in [5.41, 5.74) is 4.72. The molecule has 0 saturated heterocycles. The Kier molecular flexibility index (Phi) is 12.2. The van der Waals surface area contributed by atoms with Gasteiger partial charge in [-0.05, 0) is 72.6 Å². The van der Waals surface area contributed by atoms with Crippen molar-refractivity contribution in [2.75, 3.05) is 0 Å². The molecule has 0 spiro atoms. The molecule has 4 atom stereocenters. The maximum atomic E-state index is 12.5. The molecule has 0 aromatic heterocycles. The van der Waals surface area contributed by atoms with Gasteiger partial charge in [-0.15, -0.1) is 0 Å². The third-order valence-corrected chi connectivity index (χ3v) is 5.55. The number of carbonyl (C=O) groups is 4. The number of carboxylic acids is 1. The van der Waals surface area contributed by atoms with Crippen LogP contribution in [0.2, 0.25) is 0 Å². The van der Waals surface area contributed by atoms with Gasteiger partial charge in [-0.2, -0.15) is 0 Å². The Morgan fingerprint density at radius 2 is 1.41 bits per heavy atom. The van der Waals surface area contributed by atoms with Crippen molar-refractivity contribution in [3.05, 3.63) is 23.8 Å². The van der Waals surface area contributed by atoms with Crippen LogP contribution in [-0.2, 0) is 23.8 Å². The van der Waals surface area contributed by atoms with Crippen LogP contribution in [-0.4, -0.2) is 52.7 Å². The van der Waals surface area contributed by atoms with E-state index in [-0.39, 0.29) is 17.9 Å². The second-order valence-electron chi connectivity index (χ2n) is 11.4. The number of nitrogens with two attached hydrogens (primary N) is 1. The Morgan fingerprint density at radius 1 is 0.897 bits per heavy atom. The van der Waals surface area contributed by atoms with Crippen molar-refractivity contribution in [1.82, 2.24) is 0 Å². The van der Waals surface area contributed by atoms with Crippen molar-refractivity contribution in [3.63, 3.8) is 0 Å². The van der Waals surface area contributed by atoms with Crippen molar-refractivity contribution in [3.8, 4) is 11.5 Å². The van der Waals surface area contributed by atoms with Crippen LogP contribution in [0.3, 0.4) is 0 Å². The number of rotatable bonds is 11. The van der Waals surface area contributed by atoms with E-state index in [0.29, 0.717) is 12.0 Å². The molecule has 3 unspecified atom stereocenters. The van der Waals surface area contributed by atoms with E-state index in [9.17, 15) is 24.3 Å². The van der Waals surface area contributed by atoms with Gasteiger partial charge >= 0.3 is 24.2 Å². The highest BCUT2D eigenvalue weighted by atomic mass is 16.8. The minimum Gasteiger partial charge on any atom is -0.480 e. The van der Waals surface area contributed by atoms with Crippen LogP contribution >= 0.6 is 0 Å². The van der Waals surface area contributed by atoms with Gasteiger partial charge in [0, 0.05) is 18.3 Å². The molecule has 0 aliphatic heterocycles. The van der Waals surface area contributed by atoms with Crippen molar-refractivity contribution in [2.45, 2.75) is 111 Å². The Morgan fingerprint density at radius 3 is 1.87 bits per heavy atom. The van der Waals surface area contributed by atoms with E-state index in [1.54, 1.807) is 55.4 Å². The normalized spacial score (nSPS) is 14.8. The SMILES string of the molecule is CCCCC(=O)OC(C)C(C)C(c1ccc(OC(=O)OC(C)(C)C)c(OC(=O)OC(C)(C)C)c1)[C@H](N)C(=O)O. The smallest absolute Gasteiger partial charge is 0.480 e. The quantitative estimate of drug-likeness (QED) is 0.200. The number of hydrogen-bond donors (Lipinski definition) is 2. The number of hydrogen-bond acceptors (Lipinski definition) is 10. The van der Waals surface area contributed by atoms with Gasteiger partial charge in [0.1, 0.15) is 23.3 Å². The monoisotopic (exact) mass is 553 g/mol. The van der Waals surface area contributed by atoms with Crippen LogP contribution in [0.25, 0.3) is 0 Å². The third kappa shape index (κ3) is 11.9. The second-order valence-corrected chi connectivity index (χ2v) is 11.4. The highest BCUT2D eigenvalue weighted by Crippen LogP contribution is 2.37. The molecule has 0 aliphatic carbocycles. The molecular weight excluding hydrogens is 510 g/mol. The van der Waals surface area contributed by atoms with Gasteiger partial charge in [-0.25, -0.2) is 9.59 Å². The van der Waals surface area contributed by atoms with Gasteiger partial charge in [0.25, 0.3) is 0 Å². The third-order valence-electron chi connectivity index (χ3n) is 5.55. The molecule has 3 N–H and O–H groups in total. The summed E-state index contributed by atoms with van der Waals surface area (Å²) in [6.45, 7) is 15.2. The van der Waals surface area contributed by atoms with Crippen molar-refractivity contribution in [2.24, 2.45) is 11.7 Å². The molecule has 1 aromatic carbocycles. The molecule has 1 aromatic rings. The Balaban J connectivity index is 3.47. The zero-order valence-corrected chi connectivity index (χ0v) is 24.4. The lowest BCUT2D eigenvalue weighted by Crippen LogP contribution is -2.42. The summed E-state index contributed by atoms with van der Waals surface area (Å²) < 4.78 is 26.6. The number of carboxylic acid groups (broad SMARTS) is 1.